The van der Waals surface area contributed by atoms with E-state index >= 15 is 0 Å². The highest BCUT2D eigenvalue weighted by atomic mass is 16.7. The molecule has 0 fully saturated rings. The summed E-state index contributed by atoms with van der Waals surface area (Å²) in [5.74, 6) is -3.91. The molecule has 1 unspecified atom stereocenters. The van der Waals surface area contributed by atoms with Crippen LogP contribution in [0.2, 0.25) is 0 Å². The lowest BCUT2D eigenvalue weighted by Gasteiger charge is -2.26. The highest BCUT2D eigenvalue weighted by Gasteiger charge is 2.47. The maximum Gasteiger partial charge on any atom is 0.326 e. The number of rotatable bonds is 12. The van der Waals surface area contributed by atoms with E-state index in [-0.39, 0.29) is 18.4 Å². The second-order valence-corrected chi connectivity index (χ2v) is 10.0. The maximum atomic E-state index is 13.4. The summed E-state index contributed by atoms with van der Waals surface area (Å²) >= 11 is 0. The molecule has 1 heterocycles. The molecule has 3 atom stereocenters. The normalized spacial score (nSPS) is 17.7. The third-order valence-electron chi connectivity index (χ3n) is 6.60. The van der Waals surface area contributed by atoms with Crippen LogP contribution in [0.25, 0.3) is 10.8 Å². The molecule has 2 amide bonds. The van der Waals surface area contributed by atoms with Crippen molar-refractivity contribution in [2.24, 2.45) is 5.92 Å². The third-order valence-corrected chi connectivity index (χ3v) is 6.60. The Hall–Kier alpha value is -4.90. The first-order valence-electron chi connectivity index (χ1n) is 13.0. The van der Waals surface area contributed by atoms with Gasteiger partial charge in [-0.3, -0.25) is 24.7 Å². The molecule has 4 rings (SSSR count). The lowest BCUT2D eigenvalue weighted by atomic mass is 9.95. The van der Waals surface area contributed by atoms with Crippen molar-refractivity contribution in [2.75, 3.05) is 6.61 Å². The van der Waals surface area contributed by atoms with E-state index in [2.05, 4.69) is 16.1 Å². The number of hydrogen-bond acceptors (Lipinski definition) is 7. The zero-order valence-electron chi connectivity index (χ0n) is 22.5. The number of carboxylic acid groups (broad SMARTS) is 2. The van der Waals surface area contributed by atoms with Gasteiger partial charge in [-0.1, -0.05) is 62.4 Å². The summed E-state index contributed by atoms with van der Waals surface area (Å²) in [6.07, 6.45) is 0.591. The Morgan fingerprint density at radius 1 is 0.927 bits per heavy atom. The lowest BCUT2D eigenvalue weighted by Crippen LogP contribution is -2.55. The number of carboxylic acids is 2. The van der Waals surface area contributed by atoms with Crippen LogP contribution in [0.5, 0.6) is 5.75 Å². The summed E-state index contributed by atoms with van der Waals surface area (Å²) in [6.45, 7) is 3.38. The number of fused-ring (bicyclic) bond motifs is 1. The number of aliphatic carboxylic acids is 2. The molecular weight excluding hydrogens is 530 g/mol. The number of amides is 2. The molecule has 0 radical (unpaired) electrons. The number of carbonyl (C=O) groups is 4. The quantitative estimate of drug-likeness (QED) is 0.224. The van der Waals surface area contributed by atoms with Gasteiger partial charge in [-0.15, -0.1) is 0 Å². The van der Waals surface area contributed by atoms with E-state index in [1.54, 1.807) is 42.5 Å². The Balaban J connectivity index is 1.61. The molecular formula is C30H31N3O8. The Kier molecular flexibility index (Phi) is 8.88. The average molecular weight is 562 g/mol. The molecule has 0 aliphatic carbocycles. The Labute approximate surface area is 236 Å². The monoisotopic (exact) mass is 561 g/mol. The van der Waals surface area contributed by atoms with Crippen LogP contribution in [0.15, 0.2) is 84.6 Å². The molecule has 0 saturated carbocycles. The summed E-state index contributed by atoms with van der Waals surface area (Å²) < 4.78 is 5.80. The highest BCUT2D eigenvalue weighted by molar-refractivity contribution is 5.99. The van der Waals surface area contributed by atoms with Gasteiger partial charge in [0, 0.05) is 5.56 Å². The predicted molar refractivity (Wildman–Crippen MR) is 149 cm³/mol. The fourth-order valence-electron chi connectivity index (χ4n) is 4.38. The van der Waals surface area contributed by atoms with Crippen molar-refractivity contribution in [3.05, 3.63) is 90.1 Å². The summed E-state index contributed by atoms with van der Waals surface area (Å²) in [6, 6.07) is 19.3. The van der Waals surface area contributed by atoms with Crippen molar-refractivity contribution in [1.82, 2.24) is 16.1 Å². The molecule has 0 spiro atoms. The SMILES string of the molecule is CC(C)[C@H](NC(=O)c1ccc2ccccc2c1)C1=CC(COc2ccccc2)(C(=O)N[C@@H](CC(=O)O)C(=O)O)ON1. The number of ether oxygens (including phenoxy) is 1. The zero-order chi connectivity index (χ0) is 29.6. The van der Waals surface area contributed by atoms with Gasteiger partial charge in [0.05, 0.1) is 18.2 Å². The first kappa shape index (κ1) is 29.1. The van der Waals surface area contributed by atoms with Gasteiger partial charge >= 0.3 is 11.9 Å². The van der Waals surface area contributed by atoms with Gasteiger partial charge in [0.2, 0.25) is 5.60 Å². The number of benzene rings is 3. The van der Waals surface area contributed by atoms with Crippen LogP contribution in [0.4, 0.5) is 0 Å². The van der Waals surface area contributed by atoms with E-state index in [1.165, 1.54) is 6.08 Å². The molecule has 1 aliphatic heterocycles. The van der Waals surface area contributed by atoms with Crippen molar-refractivity contribution in [3.8, 4) is 5.75 Å². The van der Waals surface area contributed by atoms with Crippen LogP contribution < -0.4 is 20.9 Å². The fourth-order valence-corrected chi connectivity index (χ4v) is 4.38. The molecule has 5 N–H and O–H groups in total. The van der Waals surface area contributed by atoms with E-state index in [0.717, 1.165) is 10.8 Å². The summed E-state index contributed by atoms with van der Waals surface area (Å²) in [4.78, 5) is 55.3. The minimum Gasteiger partial charge on any atom is -0.490 e. The van der Waals surface area contributed by atoms with Gasteiger partial charge in [-0.2, -0.15) is 0 Å². The van der Waals surface area contributed by atoms with Crippen molar-refractivity contribution >= 4 is 34.5 Å². The summed E-state index contributed by atoms with van der Waals surface area (Å²) in [5, 5.41) is 25.7. The number of hydrogen-bond donors (Lipinski definition) is 5. The number of para-hydroxylation sites is 1. The van der Waals surface area contributed by atoms with E-state index in [4.69, 9.17) is 14.7 Å². The van der Waals surface area contributed by atoms with E-state index in [9.17, 15) is 24.3 Å². The molecule has 11 heteroatoms. The molecule has 0 saturated heterocycles. The van der Waals surface area contributed by atoms with Crippen molar-refractivity contribution in [1.29, 1.82) is 0 Å². The van der Waals surface area contributed by atoms with Crippen molar-refractivity contribution in [2.45, 2.75) is 38.0 Å². The average Bonchev–Trinajstić information content (AvgIpc) is 3.39. The highest BCUT2D eigenvalue weighted by Crippen LogP contribution is 2.27. The molecule has 3 aromatic rings. The van der Waals surface area contributed by atoms with Crippen LogP contribution in [0.3, 0.4) is 0 Å². The third kappa shape index (κ3) is 7.00. The Morgan fingerprint density at radius 2 is 1.61 bits per heavy atom. The van der Waals surface area contributed by atoms with Gasteiger partial charge < -0.3 is 25.6 Å². The van der Waals surface area contributed by atoms with E-state index in [1.807, 2.05) is 44.2 Å². The first-order chi connectivity index (χ1) is 19.6. The minimum atomic E-state index is -1.88. The van der Waals surface area contributed by atoms with Gasteiger partial charge in [0.25, 0.3) is 11.8 Å². The number of carbonyl (C=O) groups excluding carboxylic acids is 2. The van der Waals surface area contributed by atoms with Crippen molar-refractivity contribution in [3.63, 3.8) is 0 Å². The fraction of sp³-hybridized carbons (Fsp3) is 0.267. The van der Waals surface area contributed by atoms with Gasteiger partial charge in [0.15, 0.2) is 0 Å². The molecule has 3 aromatic carbocycles. The smallest absolute Gasteiger partial charge is 0.326 e. The molecule has 41 heavy (non-hydrogen) atoms. The number of nitrogens with one attached hydrogen (secondary N) is 3. The molecule has 0 aromatic heterocycles. The zero-order valence-corrected chi connectivity index (χ0v) is 22.5. The van der Waals surface area contributed by atoms with E-state index in [0.29, 0.717) is 17.0 Å². The standard InChI is InChI=1S/C30H31N3O8/c1-18(2)26(32-27(36)21-13-12-19-8-6-7-9-20(19)14-21)24-16-30(41-33-24,17-40-22-10-4-3-5-11-22)29(39)31-23(28(37)38)15-25(34)35/h3-14,16,18,23,26,33H,15,17H2,1-2H3,(H,31,39)(H,32,36)(H,34,35)(H,37,38)/t23-,26-,30?/m0/s1. The van der Waals surface area contributed by atoms with E-state index < -0.39 is 42.0 Å². The summed E-state index contributed by atoms with van der Waals surface area (Å²) in [7, 11) is 0. The van der Waals surface area contributed by atoms with Crippen LogP contribution in [0.1, 0.15) is 30.6 Å². The Bertz CT molecular complexity index is 1470. The largest absolute Gasteiger partial charge is 0.490 e. The molecule has 1 aliphatic rings. The lowest BCUT2D eigenvalue weighted by molar-refractivity contribution is -0.154. The van der Waals surface area contributed by atoms with Crippen LogP contribution >= 0.6 is 0 Å². The maximum absolute atomic E-state index is 13.4. The first-order valence-corrected chi connectivity index (χ1v) is 13.0. The summed E-state index contributed by atoms with van der Waals surface area (Å²) in [5.41, 5.74) is 1.64. The molecule has 0 bridgehead atoms. The van der Waals surface area contributed by atoms with Crippen LogP contribution in [-0.4, -0.2) is 58.3 Å². The predicted octanol–water partition coefficient (Wildman–Crippen LogP) is 2.87. The minimum absolute atomic E-state index is 0.158. The Morgan fingerprint density at radius 3 is 2.27 bits per heavy atom. The molecule has 11 nitrogen and oxygen atoms in total. The van der Waals surface area contributed by atoms with Crippen molar-refractivity contribution < 1.29 is 39.0 Å². The molecule has 214 valence electrons. The van der Waals surface area contributed by atoms with Gasteiger partial charge in [-0.25, -0.2) is 4.79 Å². The van der Waals surface area contributed by atoms with Crippen LogP contribution in [0, 0.1) is 5.92 Å². The van der Waals surface area contributed by atoms with Crippen LogP contribution in [-0.2, 0) is 19.2 Å². The van der Waals surface area contributed by atoms with Gasteiger partial charge in [0.1, 0.15) is 18.4 Å². The number of hydroxylamine groups is 1. The second kappa shape index (κ2) is 12.5. The van der Waals surface area contributed by atoms with Gasteiger partial charge in [-0.05, 0) is 47.0 Å². The second-order valence-electron chi connectivity index (χ2n) is 10.0. The topological polar surface area (TPSA) is 163 Å².